The fourth-order valence-corrected chi connectivity index (χ4v) is 3.32. The molecule has 1 aliphatic rings. The SMILES string of the molecule is CCN(CCc1ccncc1)C(=O)Nc1ccc2c(c1)C(=O)N(CC(C)C)C2=O. The molecule has 0 unspecified atom stereocenters. The van der Waals surface area contributed by atoms with E-state index < -0.39 is 0 Å². The monoisotopic (exact) mass is 394 g/mol. The number of hydrogen-bond donors (Lipinski definition) is 1. The van der Waals surface area contributed by atoms with Gasteiger partial charge in [-0.2, -0.15) is 0 Å². The zero-order valence-corrected chi connectivity index (χ0v) is 17.0. The van der Waals surface area contributed by atoms with Gasteiger partial charge in [0.2, 0.25) is 0 Å². The molecule has 0 saturated heterocycles. The van der Waals surface area contributed by atoms with Crippen molar-refractivity contribution in [2.45, 2.75) is 27.2 Å². The van der Waals surface area contributed by atoms with E-state index in [9.17, 15) is 14.4 Å². The van der Waals surface area contributed by atoms with Crippen LogP contribution in [0, 0.1) is 5.92 Å². The van der Waals surface area contributed by atoms with Crippen molar-refractivity contribution in [1.29, 1.82) is 0 Å². The number of nitrogens with zero attached hydrogens (tertiary/aromatic N) is 3. The number of rotatable bonds is 7. The van der Waals surface area contributed by atoms with E-state index in [1.807, 2.05) is 32.9 Å². The lowest BCUT2D eigenvalue weighted by atomic mass is 10.1. The van der Waals surface area contributed by atoms with Gasteiger partial charge in [-0.3, -0.25) is 19.5 Å². The van der Waals surface area contributed by atoms with Gasteiger partial charge < -0.3 is 10.2 Å². The number of amides is 4. The Morgan fingerprint density at radius 1 is 1.10 bits per heavy atom. The Bertz CT molecular complexity index is 912. The number of carbonyl (C=O) groups is 3. The number of nitrogens with one attached hydrogen (secondary N) is 1. The second kappa shape index (κ2) is 8.86. The van der Waals surface area contributed by atoms with Crippen LogP contribution in [0.1, 0.15) is 47.1 Å². The van der Waals surface area contributed by atoms with E-state index in [0.717, 1.165) is 12.0 Å². The molecule has 0 saturated carbocycles. The van der Waals surface area contributed by atoms with Crippen LogP contribution in [0.5, 0.6) is 0 Å². The van der Waals surface area contributed by atoms with Gasteiger partial charge in [0.05, 0.1) is 11.1 Å². The van der Waals surface area contributed by atoms with Crippen molar-refractivity contribution in [2.24, 2.45) is 5.92 Å². The Morgan fingerprint density at radius 3 is 2.45 bits per heavy atom. The van der Waals surface area contributed by atoms with Crippen LogP contribution >= 0.6 is 0 Å². The second-order valence-electron chi connectivity index (χ2n) is 7.49. The summed E-state index contributed by atoms with van der Waals surface area (Å²) in [4.78, 5) is 44.7. The highest BCUT2D eigenvalue weighted by atomic mass is 16.2. The number of benzene rings is 1. The van der Waals surface area contributed by atoms with Gasteiger partial charge in [0, 0.05) is 37.7 Å². The van der Waals surface area contributed by atoms with Crippen molar-refractivity contribution in [3.8, 4) is 0 Å². The van der Waals surface area contributed by atoms with Crippen molar-refractivity contribution < 1.29 is 14.4 Å². The third-order valence-electron chi connectivity index (χ3n) is 4.86. The average molecular weight is 394 g/mol. The first-order valence-electron chi connectivity index (χ1n) is 9.85. The van der Waals surface area contributed by atoms with Crippen LogP contribution in [0.25, 0.3) is 0 Å². The number of pyridine rings is 1. The van der Waals surface area contributed by atoms with E-state index >= 15 is 0 Å². The van der Waals surface area contributed by atoms with E-state index in [1.165, 1.54) is 4.90 Å². The molecule has 7 nitrogen and oxygen atoms in total. The largest absolute Gasteiger partial charge is 0.324 e. The van der Waals surface area contributed by atoms with Crippen LogP contribution in [0.4, 0.5) is 10.5 Å². The third-order valence-corrected chi connectivity index (χ3v) is 4.86. The smallest absolute Gasteiger partial charge is 0.321 e. The van der Waals surface area contributed by atoms with Crippen LogP contribution < -0.4 is 5.32 Å². The molecule has 0 fully saturated rings. The summed E-state index contributed by atoms with van der Waals surface area (Å²) in [5.41, 5.74) is 2.34. The predicted octanol–water partition coefficient (Wildman–Crippen LogP) is 3.43. The molecule has 1 aliphatic heterocycles. The van der Waals surface area contributed by atoms with Crippen molar-refractivity contribution >= 4 is 23.5 Å². The summed E-state index contributed by atoms with van der Waals surface area (Å²) >= 11 is 0. The molecule has 0 spiro atoms. The summed E-state index contributed by atoms with van der Waals surface area (Å²) in [6.07, 6.45) is 4.19. The number of imide groups is 1. The minimum Gasteiger partial charge on any atom is -0.324 e. The number of carbonyl (C=O) groups excluding carboxylic acids is 3. The Balaban J connectivity index is 1.68. The standard InChI is InChI=1S/C22H26N4O3/c1-4-25(12-9-16-7-10-23-11-8-16)22(29)24-17-5-6-18-19(13-17)21(28)26(20(18)27)14-15(2)3/h5-8,10-11,13,15H,4,9,12,14H2,1-3H3,(H,24,29). The van der Waals surface area contributed by atoms with E-state index in [1.54, 1.807) is 35.5 Å². The van der Waals surface area contributed by atoms with E-state index in [0.29, 0.717) is 36.4 Å². The molecular formula is C22H26N4O3. The Morgan fingerprint density at radius 2 is 1.79 bits per heavy atom. The third kappa shape index (κ3) is 4.62. The number of aromatic nitrogens is 1. The van der Waals surface area contributed by atoms with Gasteiger partial charge in [-0.15, -0.1) is 0 Å². The lowest BCUT2D eigenvalue weighted by Gasteiger charge is -2.21. The lowest BCUT2D eigenvalue weighted by Crippen LogP contribution is -2.36. The molecule has 4 amide bonds. The molecule has 1 aromatic heterocycles. The van der Waals surface area contributed by atoms with Crippen LogP contribution in [0.2, 0.25) is 0 Å². The van der Waals surface area contributed by atoms with E-state index in [4.69, 9.17) is 0 Å². The molecular weight excluding hydrogens is 368 g/mol. The summed E-state index contributed by atoms with van der Waals surface area (Å²) in [6.45, 7) is 7.34. The van der Waals surface area contributed by atoms with E-state index in [2.05, 4.69) is 10.3 Å². The van der Waals surface area contributed by atoms with Gasteiger partial charge in [-0.25, -0.2) is 4.79 Å². The van der Waals surface area contributed by atoms with Crippen LogP contribution in [0.3, 0.4) is 0 Å². The molecule has 152 valence electrons. The number of hydrogen-bond acceptors (Lipinski definition) is 4. The van der Waals surface area contributed by atoms with Gasteiger partial charge >= 0.3 is 6.03 Å². The number of fused-ring (bicyclic) bond motifs is 1. The topological polar surface area (TPSA) is 82.6 Å². The summed E-state index contributed by atoms with van der Waals surface area (Å²) in [6, 6.07) is 8.48. The number of urea groups is 1. The zero-order chi connectivity index (χ0) is 21.0. The Kier molecular flexibility index (Phi) is 6.26. The molecule has 1 N–H and O–H groups in total. The minimum atomic E-state index is -0.306. The summed E-state index contributed by atoms with van der Waals surface area (Å²) in [5, 5.41) is 2.84. The lowest BCUT2D eigenvalue weighted by molar-refractivity contribution is 0.0636. The van der Waals surface area contributed by atoms with Gasteiger partial charge in [0.15, 0.2) is 0 Å². The predicted molar refractivity (Wildman–Crippen MR) is 111 cm³/mol. The molecule has 29 heavy (non-hydrogen) atoms. The molecule has 0 atom stereocenters. The molecule has 1 aromatic carbocycles. The first kappa shape index (κ1) is 20.5. The van der Waals surface area contributed by atoms with Crippen molar-refractivity contribution in [3.05, 3.63) is 59.4 Å². The average Bonchev–Trinajstić information content (AvgIpc) is 2.93. The maximum atomic E-state index is 12.7. The quantitative estimate of drug-likeness (QED) is 0.730. The molecule has 7 heteroatoms. The van der Waals surface area contributed by atoms with Gasteiger partial charge in [0.25, 0.3) is 11.8 Å². The Labute approximate surface area is 170 Å². The van der Waals surface area contributed by atoms with Crippen molar-refractivity contribution in [3.63, 3.8) is 0 Å². The Hall–Kier alpha value is -3.22. The molecule has 3 rings (SSSR count). The highest BCUT2D eigenvalue weighted by Gasteiger charge is 2.35. The zero-order valence-electron chi connectivity index (χ0n) is 17.0. The van der Waals surface area contributed by atoms with Crippen molar-refractivity contribution in [2.75, 3.05) is 25.0 Å². The highest BCUT2D eigenvalue weighted by molar-refractivity contribution is 6.21. The first-order valence-corrected chi connectivity index (χ1v) is 9.85. The van der Waals surface area contributed by atoms with E-state index in [-0.39, 0.29) is 23.8 Å². The summed E-state index contributed by atoms with van der Waals surface area (Å²) in [5.74, 6) is -0.390. The van der Waals surface area contributed by atoms with Crippen LogP contribution in [0.15, 0.2) is 42.7 Å². The molecule has 0 aliphatic carbocycles. The molecule has 2 aromatic rings. The maximum Gasteiger partial charge on any atom is 0.321 e. The normalized spacial score (nSPS) is 13.0. The number of likely N-dealkylation sites (N-methyl/N-ethyl adjacent to an activating group) is 1. The fourth-order valence-electron chi connectivity index (χ4n) is 3.32. The number of anilines is 1. The minimum absolute atomic E-state index is 0.190. The van der Waals surface area contributed by atoms with Crippen LogP contribution in [-0.4, -0.2) is 52.3 Å². The first-order chi connectivity index (χ1) is 13.9. The summed E-state index contributed by atoms with van der Waals surface area (Å²) < 4.78 is 0. The molecule has 0 radical (unpaired) electrons. The van der Waals surface area contributed by atoms with Crippen molar-refractivity contribution in [1.82, 2.24) is 14.8 Å². The van der Waals surface area contributed by atoms with Gasteiger partial charge in [0.1, 0.15) is 0 Å². The second-order valence-corrected chi connectivity index (χ2v) is 7.49. The fraction of sp³-hybridized carbons (Fsp3) is 0.364. The maximum absolute atomic E-state index is 12.7. The highest BCUT2D eigenvalue weighted by Crippen LogP contribution is 2.26. The summed E-state index contributed by atoms with van der Waals surface area (Å²) in [7, 11) is 0. The van der Waals surface area contributed by atoms with Gasteiger partial charge in [-0.1, -0.05) is 13.8 Å². The van der Waals surface area contributed by atoms with Crippen LogP contribution in [-0.2, 0) is 6.42 Å². The van der Waals surface area contributed by atoms with Gasteiger partial charge in [-0.05, 0) is 55.2 Å². The molecule has 2 heterocycles. The molecule has 0 bridgehead atoms.